The molecule has 5 aromatic rings. The summed E-state index contributed by atoms with van der Waals surface area (Å²) in [5.74, 6) is 0.540. The van der Waals surface area contributed by atoms with E-state index in [0.717, 1.165) is 11.3 Å². The van der Waals surface area contributed by atoms with Crippen LogP contribution in [0.15, 0.2) is 55.0 Å². The van der Waals surface area contributed by atoms with Crippen molar-refractivity contribution in [2.45, 2.75) is 20.8 Å². The lowest BCUT2D eigenvalue weighted by Gasteiger charge is -2.11. The number of benzene rings is 2. The van der Waals surface area contributed by atoms with Crippen molar-refractivity contribution in [3.63, 3.8) is 0 Å². The van der Waals surface area contributed by atoms with Crippen LogP contribution in [0.5, 0.6) is 0 Å². The molecule has 0 aliphatic heterocycles. The summed E-state index contributed by atoms with van der Waals surface area (Å²) in [5, 5.41) is 13.4. The molecule has 3 heterocycles. The van der Waals surface area contributed by atoms with Crippen molar-refractivity contribution in [1.82, 2.24) is 29.5 Å². The maximum atomic E-state index is 12.9. The van der Waals surface area contributed by atoms with Crippen molar-refractivity contribution in [2.24, 2.45) is 0 Å². The van der Waals surface area contributed by atoms with Gasteiger partial charge >= 0.3 is 0 Å². The average molecular weight is 492 g/mol. The lowest BCUT2D eigenvalue weighted by Crippen LogP contribution is -2.16. The van der Waals surface area contributed by atoms with E-state index in [9.17, 15) is 4.79 Å². The predicted octanol–water partition coefficient (Wildman–Crippen LogP) is 5.49. The molecule has 0 fully saturated rings. The van der Waals surface area contributed by atoms with Crippen LogP contribution in [0.1, 0.15) is 27.2 Å². The van der Waals surface area contributed by atoms with Crippen LogP contribution in [0.4, 0.5) is 5.82 Å². The highest BCUT2D eigenvalue weighted by molar-refractivity contribution is 6.37. The quantitative estimate of drug-likeness (QED) is 0.359. The third-order valence-corrected chi connectivity index (χ3v) is 5.92. The lowest BCUT2D eigenvalue weighted by molar-refractivity contribution is 0.102. The molecule has 0 saturated carbocycles. The molecule has 5 rings (SSSR count). The molecule has 1 amide bonds. The van der Waals surface area contributed by atoms with Crippen molar-refractivity contribution < 1.29 is 4.79 Å². The minimum absolute atomic E-state index is 0.256. The number of hydrogen-bond acceptors (Lipinski definition) is 5. The zero-order valence-electron chi connectivity index (χ0n) is 18.5. The Morgan fingerprint density at radius 1 is 0.971 bits per heavy atom. The highest BCUT2D eigenvalue weighted by atomic mass is 35.5. The molecule has 2 aromatic carbocycles. The third kappa shape index (κ3) is 3.91. The number of carbonyl (C=O) groups excluding carboxylic acids is 1. The van der Waals surface area contributed by atoms with E-state index in [-0.39, 0.29) is 10.9 Å². The number of hydrogen-bond donors (Lipinski definition) is 1. The molecule has 170 valence electrons. The zero-order valence-corrected chi connectivity index (χ0v) is 20.1. The molecule has 1 N–H and O–H groups in total. The van der Waals surface area contributed by atoms with Gasteiger partial charge in [0.1, 0.15) is 12.1 Å². The average Bonchev–Trinajstić information content (AvgIpc) is 3.37. The molecule has 0 radical (unpaired) electrons. The van der Waals surface area contributed by atoms with Crippen molar-refractivity contribution in [3.8, 4) is 11.5 Å². The highest BCUT2D eigenvalue weighted by Gasteiger charge is 2.19. The van der Waals surface area contributed by atoms with Gasteiger partial charge in [0.2, 0.25) is 0 Å². The Morgan fingerprint density at radius 2 is 1.79 bits per heavy atom. The first kappa shape index (κ1) is 22.1. The van der Waals surface area contributed by atoms with Crippen molar-refractivity contribution in [3.05, 3.63) is 87.4 Å². The molecule has 0 aliphatic rings. The van der Waals surface area contributed by atoms with Crippen LogP contribution >= 0.6 is 23.2 Å². The van der Waals surface area contributed by atoms with Crippen molar-refractivity contribution in [2.75, 3.05) is 5.32 Å². The minimum atomic E-state index is -0.390. The maximum Gasteiger partial charge on any atom is 0.258 e. The Bertz CT molecular complexity index is 1570. The number of aryl methyl sites for hydroxylation is 3. The van der Waals surface area contributed by atoms with Crippen LogP contribution in [0.25, 0.3) is 22.5 Å². The molecule has 0 aliphatic carbocycles. The summed E-state index contributed by atoms with van der Waals surface area (Å²) in [6, 6.07) is 12.6. The molecular formula is C24H19Cl2N7O. The molecule has 34 heavy (non-hydrogen) atoms. The zero-order chi connectivity index (χ0) is 24.0. The minimum Gasteiger partial charge on any atom is -0.306 e. The molecular weight excluding hydrogens is 473 g/mol. The van der Waals surface area contributed by atoms with Gasteiger partial charge in [-0.25, -0.2) is 14.6 Å². The van der Waals surface area contributed by atoms with E-state index in [2.05, 4.69) is 31.5 Å². The molecule has 0 saturated heterocycles. The van der Waals surface area contributed by atoms with Gasteiger partial charge in [-0.05, 0) is 50.6 Å². The number of rotatable bonds is 4. The molecule has 0 atom stereocenters. The van der Waals surface area contributed by atoms with E-state index in [1.807, 2.05) is 32.9 Å². The maximum absolute atomic E-state index is 12.9. The van der Waals surface area contributed by atoms with Crippen molar-refractivity contribution in [1.29, 1.82) is 0 Å². The number of aromatic nitrogens is 6. The number of anilines is 1. The van der Waals surface area contributed by atoms with Crippen molar-refractivity contribution >= 4 is 46.0 Å². The lowest BCUT2D eigenvalue weighted by atomic mass is 10.1. The summed E-state index contributed by atoms with van der Waals surface area (Å²) >= 11 is 12.2. The van der Waals surface area contributed by atoms with Gasteiger partial charge < -0.3 is 5.32 Å². The van der Waals surface area contributed by atoms with Gasteiger partial charge in [-0.3, -0.25) is 4.79 Å². The van der Waals surface area contributed by atoms with Gasteiger partial charge in [0, 0.05) is 11.1 Å². The Morgan fingerprint density at radius 3 is 2.56 bits per heavy atom. The number of nitrogens with zero attached hydrogens (tertiary/aromatic N) is 6. The fourth-order valence-corrected chi connectivity index (χ4v) is 4.32. The molecule has 0 unspecified atom stereocenters. The Labute approximate surface area is 205 Å². The molecule has 0 spiro atoms. The van der Waals surface area contributed by atoms with Gasteiger partial charge in [-0.2, -0.15) is 14.9 Å². The van der Waals surface area contributed by atoms with E-state index in [1.54, 1.807) is 33.8 Å². The summed E-state index contributed by atoms with van der Waals surface area (Å²) < 4.78 is 3.34. The number of carbonyl (C=O) groups is 1. The Kier molecular flexibility index (Phi) is 5.55. The predicted molar refractivity (Wildman–Crippen MR) is 132 cm³/mol. The summed E-state index contributed by atoms with van der Waals surface area (Å²) in [7, 11) is 0. The second-order valence-electron chi connectivity index (χ2n) is 7.94. The summed E-state index contributed by atoms with van der Waals surface area (Å²) in [4.78, 5) is 21.8. The monoisotopic (exact) mass is 491 g/mol. The fourth-order valence-electron chi connectivity index (χ4n) is 3.83. The summed E-state index contributed by atoms with van der Waals surface area (Å²) in [5.41, 5.74) is 4.79. The number of amides is 1. The topological polar surface area (TPSA) is 90.5 Å². The first-order chi connectivity index (χ1) is 16.3. The van der Waals surface area contributed by atoms with Crippen LogP contribution in [-0.4, -0.2) is 35.4 Å². The van der Waals surface area contributed by atoms with Crippen LogP contribution in [0.2, 0.25) is 10.0 Å². The fraction of sp³-hybridized carbons (Fsp3) is 0.125. The van der Waals surface area contributed by atoms with Gasteiger partial charge in [0.05, 0.1) is 33.6 Å². The van der Waals surface area contributed by atoms with E-state index in [4.69, 9.17) is 23.2 Å². The highest BCUT2D eigenvalue weighted by Crippen LogP contribution is 2.27. The van der Waals surface area contributed by atoms with Crippen LogP contribution in [0.3, 0.4) is 0 Å². The smallest absolute Gasteiger partial charge is 0.258 e. The normalized spacial score (nSPS) is 11.2. The first-order valence-electron chi connectivity index (χ1n) is 10.4. The molecule has 10 heteroatoms. The van der Waals surface area contributed by atoms with Gasteiger partial charge in [0.15, 0.2) is 11.5 Å². The summed E-state index contributed by atoms with van der Waals surface area (Å²) in [6.07, 6.45) is 3.15. The molecule has 3 aromatic heterocycles. The molecule has 8 nitrogen and oxygen atoms in total. The van der Waals surface area contributed by atoms with E-state index in [1.165, 1.54) is 18.0 Å². The second-order valence-corrected chi connectivity index (χ2v) is 8.79. The van der Waals surface area contributed by atoms with Crippen LogP contribution in [0, 0.1) is 20.8 Å². The first-order valence-corrected chi connectivity index (χ1v) is 11.2. The SMILES string of the molecule is Cc1ccc(-n2ncc3c(-n4nc(C)cc4NC(=O)c4ccc(Cl)cc4Cl)ncnc32)c(C)c1. The largest absolute Gasteiger partial charge is 0.306 e. The van der Waals surface area contributed by atoms with Crippen LogP contribution < -0.4 is 5.32 Å². The Balaban J connectivity index is 1.58. The number of fused-ring (bicyclic) bond motifs is 1. The second kappa shape index (κ2) is 8.55. The number of halogens is 2. The van der Waals surface area contributed by atoms with Crippen LogP contribution in [-0.2, 0) is 0 Å². The summed E-state index contributed by atoms with van der Waals surface area (Å²) in [6.45, 7) is 5.91. The van der Waals surface area contributed by atoms with E-state index in [0.29, 0.717) is 38.9 Å². The van der Waals surface area contributed by atoms with Gasteiger partial charge in [-0.1, -0.05) is 40.9 Å². The standard InChI is InChI=1S/C24H19Cl2N7O/c1-13-4-7-20(14(2)8-13)32-22-18(11-29-32)23(28-12-27-22)33-21(9-15(3)31-33)30-24(34)17-6-5-16(25)10-19(17)26/h4-12H,1-3H3,(H,30,34). The number of nitrogens with one attached hydrogen (secondary N) is 1. The van der Waals surface area contributed by atoms with Gasteiger partial charge in [0.25, 0.3) is 5.91 Å². The van der Waals surface area contributed by atoms with E-state index < -0.39 is 0 Å². The van der Waals surface area contributed by atoms with E-state index >= 15 is 0 Å². The third-order valence-electron chi connectivity index (χ3n) is 5.37. The molecule has 0 bridgehead atoms. The Hall–Kier alpha value is -3.75. The van der Waals surface area contributed by atoms with Gasteiger partial charge in [-0.15, -0.1) is 0 Å².